The van der Waals surface area contributed by atoms with Gasteiger partial charge in [0, 0.05) is 31.3 Å². The van der Waals surface area contributed by atoms with Crippen LogP contribution in [0.2, 0.25) is 0 Å². The van der Waals surface area contributed by atoms with Crippen molar-refractivity contribution in [3.63, 3.8) is 0 Å². The summed E-state index contributed by atoms with van der Waals surface area (Å²) in [5, 5.41) is 9.09. The van der Waals surface area contributed by atoms with E-state index in [1.165, 1.54) is 23.5 Å². The molecule has 0 amide bonds. The van der Waals surface area contributed by atoms with Crippen LogP contribution in [-0.4, -0.2) is 38.1 Å². The van der Waals surface area contributed by atoms with Gasteiger partial charge in [-0.1, -0.05) is 0 Å². The van der Waals surface area contributed by atoms with E-state index in [0.29, 0.717) is 29.4 Å². The Morgan fingerprint density at radius 2 is 1.72 bits per heavy atom. The molecule has 0 radical (unpaired) electrons. The topological polar surface area (TPSA) is 106 Å². The second-order valence-corrected chi connectivity index (χ2v) is 9.21. The Morgan fingerprint density at radius 3 is 2.38 bits per heavy atom. The number of aliphatic carboxylic acids is 1. The summed E-state index contributed by atoms with van der Waals surface area (Å²) in [6.45, 7) is 0.174. The minimum atomic E-state index is -3.85. The van der Waals surface area contributed by atoms with E-state index in [4.69, 9.17) is 14.6 Å². The van der Waals surface area contributed by atoms with Gasteiger partial charge in [-0.05, 0) is 66.6 Å². The maximum atomic E-state index is 13.4. The molecule has 0 spiro atoms. The van der Waals surface area contributed by atoms with Gasteiger partial charge in [-0.3, -0.25) is 14.1 Å². The molecule has 1 unspecified atom stereocenters. The predicted molar refractivity (Wildman–Crippen MR) is 118 cm³/mol. The highest BCUT2D eigenvalue weighted by Gasteiger charge is 2.37. The van der Waals surface area contributed by atoms with E-state index in [-0.39, 0.29) is 23.8 Å². The summed E-state index contributed by atoms with van der Waals surface area (Å²) in [6, 6.07) is 14.8. The number of carboxylic acids is 1. The number of sulfonamides is 1. The van der Waals surface area contributed by atoms with Crippen LogP contribution in [0, 0.1) is 0 Å². The van der Waals surface area contributed by atoms with Crippen LogP contribution in [0.15, 0.2) is 71.9 Å². The van der Waals surface area contributed by atoms with Gasteiger partial charge in [-0.25, -0.2) is 8.42 Å². The maximum Gasteiger partial charge on any atom is 0.303 e. The van der Waals surface area contributed by atoms with Crippen molar-refractivity contribution in [2.75, 3.05) is 18.0 Å². The van der Waals surface area contributed by atoms with Crippen LogP contribution < -0.4 is 13.8 Å². The van der Waals surface area contributed by atoms with Crippen LogP contribution >= 0.6 is 0 Å². The lowest BCUT2D eigenvalue weighted by Crippen LogP contribution is -2.30. The fourth-order valence-corrected chi connectivity index (χ4v) is 5.27. The third-order valence-corrected chi connectivity index (χ3v) is 7.13. The zero-order valence-corrected chi connectivity index (χ0v) is 18.2. The lowest BCUT2D eigenvalue weighted by atomic mass is 9.96. The molecular formula is C23H22N2O6S. The van der Waals surface area contributed by atoms with Gasteiger partial charge in [-0.15, -0.1) is 0 Å². The zero-order chi connectivity index (χ0) is 22.7. The van der Waals surface area contributed by atoms with Crippen molar-refractivity contribution in [1.82, 2.24) is 4.98 Å². The minimum Gasteiger partial charge on any atom is -0.497 e. The number of methoxy groups -OCH3 is 1. The number of hydrogen-bond donors (Lipinski definition) is 1. The van der Waals surface area contributed by atoms with Gasteiger partial charge in [0.15, 0.2) is 0 Å². The van der Waals surface area contributed by atoms with Gasteiger partial charge >= 0.3 is 5.97 Å². The molecule has 0 saturated heterocycles. The summed E-state index contributed by atoms with van der Waals surface area (Å²) >= 11 is 0. The molecule has 1 aliphatic rings. The molecule has 1 aromatic heterocycles. The van der Waals surface area contributed by atoms with Crippen molar-refractivity contribution in [2.45, 2.75) is 23.7 Å². The second kappa shape index (κ2) is 8.88. The van der Waals surface area contributed by atoms with Gasteiger partial charge in [0.05, 0.1) is 17.7 Å². The maximum absolute atomic E-state index is 13.4. The number of carbonyl (C=O) groups is 1. The van der Waals surface area contributed by atoms with Gasteiger partial charge in [0.1, 0.15) is 17.2 Å². The summed E-state index contributed by atoms with van der Waals surface area (Å²) in [5.74, 6) is 0.544. The number of aromatic nitrogens is 1. The van der Waals surface area contributed by atoms with E-state index in [0.717, 1.165) is 5.56 Å². The number of benzene rings is 2. The third-order valence-electron chi connectivity index (χ3n) is 5.33. The Hall–Kier alpha value is -3.59. The SMILES string of the molecule is COc1ccc2c(c1)C(CCC(=O)O)CN2S(=O)(=O)c1ccc(Oc2ccncc2)cc1. The number of anilines is 1. The molecule has 3 aromatic rings. The van der Waals surface area contributed by atoms with E-state index in [9.17, 15) is 13.2 Å². The van der Waals surface area contributed by atoms with Crippen LogP contribution in [0.1, 0.15) is 24.3 Å². The van der Waals surface area contributed by atoms with E-state index in [1.54, 1.807) is 54.9 Å². The number of nitrogens with zero attached hydrogens (tertiary/aromatic N) is 2. The Morgan fingerprint density at radius 1 is 1.06 bits per heavy atom. The predicted octanol–water partition coefficient (Wildman–Crippen LogP) is 4.04. The van der Waals surface area contributed by atoms with Crippen LogP contribution in [0.25, 0.3) is 0 Å². The summed E-state index contributed by atoms with van der Waals surface area (Å²) < 4.78 is 39.2. The largest absolute Gasteiger partial charge is 0.497 e. The van der Waals surface area contributed by atoms with Crippen LogP contribution in [0.5, 0.6) is 17.2 Å². The van der Waals surface area contributed by atoms with E-state index >= 15 is 0 Å². The Bertz CT molecular complexity index is 1210. The van der Waals surface area contributed by atoms with Gasteiger partial charge < -0.3 is 14.6 Å². The molecule has 2 aromatic carbocycles. The molecule has 0 bridgehead atoms. The number of ether oxygens (including phenoxy) is 2. The first-order valence-corrected chi connectivity index (χ1v) is 11.4. The highest BCUT2D eigenvalue weighted by Crippen LogP contribution is 2.43. The highest BCUT2D eigenvalue weighted by molar-refractivity contribution is 7.92. The minimum absolute atomic E-state index is 0.0454. The third kappa shape index (κ3) is 4.38. The molecule has 1 N–H and O–H groups in total. The van der Waals surface area contributed by atoms with Gasteiger partial charge in [-0.2, -0.15) is 0 Å². The first kappa shape index (κ1) is 21.6. The van der Waals surface area contributed by atoms with E-state index < -0.39 is 16.0 Å². The average Bonchev–Trinajstić information content (AvgIpc) is 3.17. The summed E-state index contributed by atoms with van der Waals surface area (Å²) in [6.07, 6.45) is 3.50. The number of pyridine rings is 1. The molecule has 0 fully saturated rings. The molecule has 0 saturated carbocycles. The standard InChI is InChI=1S/C23H22N2O6S/c1-30-19-5-8-22-21(14-19)16(2-9-23(26)27)15-25(22)32(28,29)20-6-3-17(4-7-20)31-18-10-12-24-13-11-18/h3-8,10-14,16H,2,9,15H2,1H3,(H,26,27). The molecule has 2 heterocycles. The fraction of sp³-hybridized carbons (Fsp3) is 0.217. The van der Waals surface area contributed by atoms with Crippen molar-refractivity contribution in [2.24, 2.45) is 0 Å². The monoisotopic (exact) mass is 454 g/mol. The van der Waals surface area contributed by atoms with Crippen molar-refractivity contribution in [3.05, 3.63) is 72.6 Å². The quantitative estimate of drug-likeness (QED) is 0.547. The molecule has 8 nitrogen and oxygen atoms in total. The average molecular weight is 455 g/mol. The molecule has 166 valence electrons. The first-order valence-electron chi connectivity index (χ1n) is 9.99. The Balaban J connectivity index is 1.61. The summed E-state index contributed by atoms with van der Waals surface area (Å²) in [4.78, 5) is 15.1. The van der Waals surface area contributed by atoms with Crippen molar-refractivity contribution in [3.8, 4) is 17.2 Å². The molecule has 1 atom stereocenters. The van der Waals surface area contributed by atoms with Crippen molar-refractivity contribution >= 4 is 21.7 Å². The molecule has 0 aliphatic carbocycles. The van der Waals surface area contributed by atoms with Crippen LogP contribution in [0.3, 0.4) is 0 Å². The molecule has 32 heavy (non-hydrogen) atoms. The fourth-order valence-electron chi connectivity index (χ4n) is 3.73. The first-order chi connectivity index (χ1) is 15.4. The molecule has 4 rings (SSSR count). The van der Waals surface area contributed by atoms with E-state index in [1.807, 2.05) is 0 Å². The smallest absolute Gasteiger partial charge is 0.303 e. The normalized spacial score (nSPS) is 15.3. The number of fused-ring (bicyclic) bond motifs is 1. The summed E-state index contributed by atoms with van der Waals surface area (Å²) in [7, 11) is -2.32. The van der Waals surface area contributed by atoms with E-state index in [2.05, 4.69) is 4.98 Å². The van der Waals surface area contributed by atoms with Crippen molar-refractivity contribution in [1.29, 1.82) is 0 Å². The van der Waals surface area contributed by atoms with Crippen LogP contribution in [0.4, 0.5) is 5.69 Å². The van der Waals surface area contributed by atoms with Gasteiger partial charge in [0.2, 0.25) is 0 Å². The summed E-state index contributed by atoms with van der Waals surface area (Å²) in [5.41, 5.74) is 1.31. The second-order valence-electron chi connectivity index (χ2n) is 7.35. The number of rotatable bonds is 8. The van der Waals surface area contributed by atoms with Crippen LogP contribution in [-0.2, 0) is 14.8 Å². The zero-order valence-electron chi connectivity index (χ0n) is 17.3. The van der Waals surface area contributed by atoms with Gasteiger partial charge in [0.25, 0.3) is 10.0 Å². The Labute approximate surface area is 186 Å². The number of carboxylic acid groups (broad SMARTS) is 1. The molecule has 9 heteroatoms. The lowest BCUT2D eigenvalue weighted by molar-refractivity contribution is -0.137. The molecule has 1 aliphatic heterocycles. The highest BCUT2D eigenvalue weighted by atomic mass is 32.2. The number of hydrogen-bond acceptors (Lipinski definition) is 6. The molecular weight excluding hydrogens is 432 g/mol. The lowest BCUT2D eigenvalue weighted by Gasteiger charge is -2.20. The Kier molecular flexibility index (Phi) is 6.00. The van der Waals surface area contributed by atoms with Crippen molar-refractivity contribution < 1.29 is 27.8 Å².